The van der Waals surface area contributed by atoms with Gasteiger partial charge in [0.15, 0.2) is 0 Å². The van der Waals surface area contributed by atoms with Gasteiger partial charge in [0, 0.05) is 13.1 Å². The van der Waals surface area contributed by atoms with Crippen LogP contribution in [-0.4, -0.2) is 36.0 Å². The molecule has 1 atom stereocenters. The van der Waals surface area contributed by atoms with Crippen LogP contribution < -0.4 is 5.32 Å². The monoisotopic (exact) mass is 264 g/mol. The van der Waals surface area contributed by atoms with Gasteiger partial charge in [-0.2, -0.15) is 0 Å². The van der Waals surface area contributed by atoms with Crippen LogP contribution in [0.15, 0.2) is 30.3 Å². The summed E-state index contributed by atoms with van der Waals surface area (Å²) in [5.74, 6) is 0. The van der Waals surface area contributed by atoms with Crippen LogP contribution in [0.5, 0.6) is 0 Å². The first-order chi connectivity index (χ1) is 9.31. The minimum absolute atomic E-state index is 0.0861. The van der Waals surface area contributed by atoms with Gasteiger partial charge in [-0.05, 0) is 18.4 Å². The average molecular weight is 264 g/mol. The summed E-state index contributed by atoms with van der Waals surface area (Å²) in [6.45, 7) is 0.867. The molecule has 1 saturated heterocycles. The molecule has 104 valence electrons. The van der Waals surface area contributed by atoms with Gasteiger partial charge in [0.2, 0.25) is 0 Å². The fourth-order valence-corrected chi connectivity index (χ4v) is 2.32. The van der Waals surface area contributed by atoms with E-state index in [2.05, 4.69) is 17.4 Å². The second-order valence-electron chi connectivity index (χ2n) is 4.59. The average Bonchev–Trinajstić information content (AvgIpc) is 2.46. The second kappa shape index (κ2) is 7.11. The Labute approximate surface area is 113 Å². The summed E-state index contributed by atoms with van der Waals surface area (Å²) in [6.07, 6.45) is 2.64. The van der Waals surface area contributed by atoms with Crippen LogP contribution in [0.25, 0.3) is 0 Å². The van der Waals surface area contributed by atoms with Crippen molar-refractivity contribution in [2.45, 2.75) is 25.3 Å². The third-order valence-corrected chi connectivity index (χ3v) is 3.22. The maximum absolute atomic E-state index is 11.6. The Bertz CT molecular complexity index is 397. The van der Waals surface area contributed by atoms with E-state index in [-0.39, 0.29) is 19.2 Å². The van der Waals surface area contributed by atoms with Crippen LogP contribution in [0.1, 0.15) is 30.9 Å². The molecule has 2 N–H and O–H groups in total. The number of carbonyl (C=O) groups excluding carboxylic acids is 1. The zero-order valence-corrected chi connectivity index (χ0v) is 10.9. The Morgan fingerprint density at radius 3 is 2.89 bits per heavy atom. The summed E-state index contributed by atoms with van der Waals surface area (Å²) in [5, 5.41) is 12.9. The molecule has 0 radical (unpaired) electrons. The molecule has 1 aliphatic rings. The highest BCUT2D eigenvalue weighted by molar-refractivity contribution is 5.66. The molecule has 0 bridgehead atoms. The van der Waals surface area contributed by atoms with Gasteiger partial charge in [0.25, 0.3) is 0 Å². The normalized spacial score (nSPS) is 19.9. The van der Waals surface area contributed by atoms with Crippen LogP contribution in [0.3, 0.4) is 0 Å². The van der Waals surface area contributed by atoms with Crippen molar-refractivity contribution in [2.75, 3.05) is 19.7 Å². The maximum atomic E-state index is 11.6. The Balaban J connectivity index is 1.98. The SMILES string of the molecule is O=C(NCCO)ON1CCCCC1c1ccccc1. The molecule has 1 fully saturated rings. The van der Waals surface area contributed by atoms with Crippen LogP contribution in [0.4, 0.5) is 4.79 Å². The first-order valence-electron chi connectivity index (χ1n) is 6.69. The number of aliphatic hydroxyl groups excluding tert-OH is 1. The van der Waals surface area contributed by atoms with Crippen LogP contribution in [0, 0.1) is 0 Å². The number of benzene rings is 1. The van der Waals surface area contributed by atoms with Crippen molar-refractivity contribution in [1.29, 1.82) is 0 Å². The lowest BCUT2D eigenvalue weighted by Gasteiger charge is -2.33. The minimum Gasteiger partial charge on any atom is -0.395 e. The number of hydrogen-bond acceptors (Lipinski definition) is 4. The third kappa shape index (κ3) is 3.94. The van der Waals surface area contributed by atoms with E-state index in [0.717, 1.165) is 31.4 Å². The van der Waals surface area contributed by atoms with E-state index < -0.39 is 6.09 Å². The van der Waals surface area contributed by atoms with E-state index in [1.165, 1.54) is 0 Å². The van der Waals surface area contributed by atoms with Gasteiger partial charge in [0.05, 0.1) is 12.6 Å². The minimum atomic E-state index is -0.503. The number of amides is 1. The predicted octanol–water partition coefficient (Wildman–Crippen LogP) is 1.85. The van der Waals surface area contributed by atoms with E-state index >= 15 is 0 Å². The van der Waals surface area contributed by atoms with E-state index in [9.17, 15) is 4.79 Å². The molecule has 0 aliphatic carbocycles. The first-order valence-corrected chi connectivity index (χ1v) is 6.69. The second-order valence-corrected chi connectivity index (χ2v) is 4.59. The lowest BCUT2D eigenvalue weighted by molar-refractivity contribution is -0.147. The molecule has 5 heteroatoms. The van der Waals surface area contributed by atoms with E-state index in [1.54, 1.807) is 5.06 Å². The first kappa shape index (κ1) is 13.8. The molecular formula is C14H20N2O3. The standard InChI is InChI=1S/C14H20N2O3/c17-11-9-15-14(18)19-16-10-5-4-8-13(16)12-6-2-1-3-7-12/h1-3,6-7,13,17H,4-5,8-11H2,(H,15,18). The topological polar surface area (TPSA) is 61.8 Å². The number of aliphatic hydroxyl groups is 1. The number of rotatable bonds is 4. The fraction of sp³-hybridized carbons (Fsp3) is 0.500. The Morgan fingerprint density at radius 1 is 1.37 bits per heavy atom. The summed E-state index contributed by atoms with van der Waals surface area (Å²) in [4.78, 5) is 16.9. The van der Waals surface area contributed by atoms with Gasteiger partial charge in [-0.1, -0.05) is 36.8 Å². The molecule has 0 spiro atoms. The lowest BCUT2D eigenvalue weighted by atomic mass is 9.97. The molecule has 2 rings (SSSR count). The van der Waals surface area contributed by atoms with Crippen molar-refractivity contribution in [2.24, 2.45) is 0 Å². The highest BCUT2D eigenvalue weighted by Gasteiger charge is 2.26. The Morgan fingerprint density at radius 2 is 2.16 bits per heavy atom. The van der Waals surface area contributed by atoms with E-state index in [0.29, 0.717) is 0 Å². The lowest BCUT2D eigenvalue weighted by Crippen LogP contribution is -2.39. The summed E-state index contributed by atoms with van der Waals surface area (Å²) in [7, 11) is 0. The number of piperidine rings is 1. The zero-order valence-electron chi connectivity index (χ0n) is 10.9. The molecule has 0 saturated carbocycles. The molecule has 1 amide bonds. The van der Waals surface area contributed by atoms with Crippen molar-refractivity contribution < 1.29 is 14.7 Å². The smallest absolute Gasteiger partial charge is 0.395 e. The Kier molecular flexibility index (Phi) is 5.18. The number of nitrogens with zero attached hydrogens (tertiary/aromatic N) is 1. The molecule has 19 heavy (non-hydrogen) atoms. The van der Waals surface area contributed by atoms with Gasteiger partial charge < -0.3 is 15.3 Å². The van der Waals surface area contributed by atoms with Gasteiger partial charge >= 0.3 is 6.09 Å². The van der Waals surface area contributed by atoms with Crippen LogP contribution >= 0.6 is 0 Å². The van der Waals surface area contributed by atoms with Gasteiger partial charge in [0.1, 0.15) is 0 Å². The number of carbonyl (C=O) groups is 1. The maximum Gasteiger partial charge on any atom is 0.426 e. The van der Waals surface area contributed by atoms with Crippen LogP contribution in [0.2, 0.25) is 0 Å². The van der Waals surface area contributed by atoms with Crippen molar-refractivity contribution >= 4 is 6.09 Å². The number of hydroxylamine groups is 2. The molecule has 5 nitrogen and oxygen atoms in total. The molecule has 1 aliphatic heterocycles. The summed E-state index contributed by atoms with van der Waals surface area (Å²) in [6, 6.07) is 10.2. The molecule has 1 aromatic carbocycles. The largest absolute Gasteiger partial charge is 0.426 e. The zero-order chi connectivity index (χ0) is 13.5. The molecule has 1 heterocycles. The van der Waals surface area contributed by atoms with E-state index in [1.807, 2.05) is 18.2 Å². The summed E-state index contributed by atoms with van der Waals surface area (Å²) in [5.41, 5.74) is 1.16. The summed E-state index contributed by atoms with van der Waals surface area (Å²) >= 11 is 0. The molecule has 1 aromatic rings. The third-order valence-electron chi connectivity index (χ3n) is 3.22. The summed E-state index contributed by atoms with van der Waals surface area (Å²) < 4.78 is 0. The van der Waals surface area contributed by atoms with Gasteiger partial charge in [-0.3, -0.25) is 0 Å². The number of nitrogens with one attached hydrogen (secondary N) is 1. The van der Waals surface area contributed by atoms with Crippen molar-refractivity contribution in [3.05, 3.63) is 35.9 Å². The molecular weight excluding hydrogens is 244 g/mol. The van der Waals surface area contributed by atoms with Gasteiger partial charge in [-0.15, -0.1) is 5.06 Å². The Hall–Kier alpha value is -1.59. The van der Waals surface area contributed by atoms with Crippen molar-refractivity contribution in [1.82, 2.24) is 10.4 Å². The van der Waals surface area contributed by atoms with Crippen molar-refractivity contribution in [3.8, 4) is 0 Å². The highest BCUT2D eigenvalue weighted by Crippen LogP contribution is 2.30. The number of hydrogen-bond donors (Lipinski definition) is 2. The quantitative estimate of drug-likeness (QED) is 0.871. The highest BCUT2D eigenvalue weighted by atomic mass is 16.7. The fourth-order valence-electron chi connectivity index (χ4n) is 2.32. The van der Waals surface area contributed by atoms with Crippen LogP contribution in [-0.2, 0) is 4.84 Å². The predicted molar refractivity (Wildman–Crippen MR) is 71.3 cm³/mol. The van der Waals surface area contributed by atoms with E-state index in [4.69, 9.17) is 9.94 Å². The van der Waals surface area contributed by atoms with Gasteiger partial charge in [-0.25, -0.2) is 4.79 Å². The molecule has 0 aromatic heterocycles. The molecule has 1 unspecified atom stereocenters. The van der Waals surface area contributed by atoms with Crippen molar-refractivity contribution in [3.63, 3.8) is 0 Å².